The average Bonchev–Trinajstić information content (AvgIpc) is 3.43. The zero-order valence-electron chi connectivity index (χ0n) is 19.4. The van der Waals surface area contributed by atoms with Crippen LogP contribution in [0.4, 0.5) is 5.69 Å². The fourth-order valence-electron chi connectivity index (χ4n) is 4.23. The van der Waals surface area contributed by atoms with Crippen molar-refractivity contribution in [2.45, 2.75) is 25.7 Å². The fourth-order valence-corrected chi connectivity index (χ4v) is 6.84. The minimum Gasteiger partial charge on any atom is -0.275 e. The first-order chi connectivity index (χ1) is 16.8. The Morgan fingerprint density at radius 1 is 1.11 bits per heavy atom. The number of fused-ring (bicyclic) bond motifs is 3. The highest BCUT2D eigenvalue weighted by Crippen LogP contribution is 2.46. The summed E-state index contributed by atoms with van der Waals surface area (Å²) < 4.78 is 28.4. The number of aryl methyl sites for hydroxylation is 2. The highest BCUT2D eigenvalue weighted by Gasteiger charge is 2.39. The molecule has 1 amide bonds. The smallest absolute Gasteiger partial charge is 0.265 e. The topological polar surface area (TPSA) is 108 Å². The molecule has 35 heavy (non-hydrogen) atoms. The van der Waals surface area contributed by atoms with Crippen LogP contribution in [0.15, 0.2) is 70.7 Å². The third kappa shape index (κ3) is 4.04. The molecule has 4 aromatic rings. The van der Waals surface area contributed by atoms with Gasteiger partial charge in [-0.1, -0.05) is 48.5 Å². The van der Waals surface area contributed by atoms with E-state index in [4.69, 9.17) is 0 Å². The molecular formula is C25H23N5O3S2. The molecule has 2 aromatic heterocycles. The number of thiophene rings is 1. The summed E-state index contributed by atoms with van der Waals surface area (Å²) in [6, 6.07) is 18.0. The van der Waals surface area contributed by atoms with Crippen LogP contribution in [-0.2, 0) is 14.8 Å². The summed E-state index contributed by atoms with van der Waals surface area (Å²) in [6.45, 7) is 5.38. The van der Waals surface area contributed by atoms with Crippen molar-refractivity contribution >= 4 is 38.7 Å². The van der Waals surface area contributed by atoms with E-state index in [-0.39, 0.29) is 4.90 Å². The van der Waals surface area contributed by atoms with E-state index in [2.05, 4.69) is 20.7 Å². The minimum atomic E-state index is -4.02. The molecule has 178 valence electrons. The van der Waals surface area contributed by atoms with E-state index in [9.17, 15) is 13.2 Å². The first-order valence-corrected chi connectivity index (χ1v) is 13.2. The Kier molecular flexibility index (Phi) is 5.78. The highest BCUT2D eigenvalue weighted by molar-refractivity contribution is 7.93. The van der Waals surface area contributed by atoms with Crippen molar-refractivity contribution in [3.8, 4) is 22.5 Å². The number of nitrogens with zero attached hydrogens (tertiary/aromatic N) is 3. The fraction of sp³-hybridized carbons (Fsp3) is 0.160. The van der Waals surface area contributed by atoms with Crippen molar-refractivity contribution in [3.05, 3.63) is 76.0 Å². The maximum Gasteiger partial charge on any atom is 0.265 e. The Morgan fingerprint density at radius 3 is 2.54 bits per heavy atom. The lowest BCUT2D eigenvalue weighted by Crippen LogP contribution is -2.41. The van der Waals surface area contributed by atoms with Gasteiger partial charge in [0.15, 0.2) is 0 Å². The summed E-state index contributed by atoms with van der Waals surface area (Å²) in [6.07, 6.45) is 0. The molecule has 0 atom stereocenters. The van der Waals surface area contributed by atoms with Gasteiger partial charge in [0.05, 0.1) is 16.3 Å². The van der Waals surface area contributed by atoms with Crippen LogP contribution >= 0.6 is 11.3 Å². The van der Waals surface area contributed by atoms with E-state index in [0.717, 1.165) is 25.2 Å². The molecule has 10 heteroatoms. The van der Waals surface area contributed by atoms with Crippen molar-refractivity contribution in [1.29, 1.82) is 0 Å². The van der Waals surface area contributed by atoms with Crippen LogP contribution < -0.4 is 9.73 Å². The molecule has 3 heterocycles. The largest absolute Gasteiger partial charge is 0.275 e. The molecular weight excluding hydrogens is 482 g/mol. The van der Waals surface area contributed by atoms with Gasteiger partial charge >= 0.3 is 0 Å². The molecule has 0 fully saturated rings. The van der Waals surface area contributed by atoms with Gasteiger partial charge in [0.1, 0.15) is 17.9 Å². The van der Waals surface area contributed by atoms with Crippen molar-refractivity contribution in [2.24, 2.45) is 5.10 Å². The molecule has 2 N–H and O–H groups in total. The van der Waals surface area contributed by atoms with Gasteiger partial charge in [-0.15, -0.1) is 11.3 Å². The van der Waals surface area contributed by atoms with E-state index in [1.165, 1.54) is 6.07 Å². The number of amides is 1. The zero-order chi connectivity index (χ0) is 24.7. The number of anilines is 1. The molecule has 0 radical (unpaired) electrons. The quantitative estimate of drug-likeness (QED) is 0.308. The number of nitrogens with one attached hydrogen (secondary N) is 2. The average molecular weight is 506 g/mol. The number of carbonyl (C=O) groups is 1. The molecule has 0 saturated carbocycles. The van der Waals surface area contributed by atoms with Crippen LogP contribution in [0, 0.1) is 13.8 Å². The molecule has 1 aliphatic heterocycles. The number of aromatic nitrogens is 2. The molecule has 0 saturated heterocycles. The van der Waals surface area contributed by atoms with E-state index in [1.54, 1.807) is 29.5 Å². The van der Waals surface area contributed by atoms with Crippen molar-refractivity contribution in [3.63, 3.8) is 0 Å². The molecule has 0 unspecified atom stereocenters. The maximum absolute atomic E-state index is 13.7. The number of H-pyrrole nitrogens is 1. The summed E-state index contributed by atoms with van der Waals surface area (Å²) >= 11 is 1.65. The monoisotopic (exact) mass is 505 g/mol. The number of sulfonamides is 1. The second-order valence-corrected chi connectivity index (χ2v) is 11.5. The number of hydrazone groups is 1. The second kappa shape index (κ2) is 8.79. The van der Waals surface area contributed by atoms with Crippen LogP contribution in [0.3, 0.4) is 0 Å². The Balaban J connectivity index is 1.53. The van der Waals surface area contributed by atoms with Gasteiger partial charge in [0, 0.05) is 26.4 Å². The number of hydrogen-bond donors (Lipinski definition) is 2. The Morgan fingerprint density at radius 2 is 1.83 bits per heavy atom. The zero-order valence-corrected chi connectivity index (χ0v) is 21.0. The van der Waals surface area contributed by atoms with Crippen LogP contribution in [0.5, 0.6) is 0 Å². The SMILES string of the molecule is C/C(=N\NC(=O)CN1c2c(-c3ccccc3)n[nH]c2-c2ccccc2S1(=O)=O)c1cc(C)sc1C. The number of hydrogen-bond acceptors (Lipinski definition) is 6. The third-order valence-electron chi connectivity index (χ3n) is 5.83. The van der Waals surface area contributed by atoms with Gasteiger partial charge in [0.2, 0.25) is 0 Å². The van der Waals surface area contributed by atoms with Gasteiger partial charge in [-0.3, -0.25) is 14.2 Å². The third-order valence-corrected chi connectivity index (χ3v) is 8.60. The van der Waals surface area contributed by atoms with E-state index >= 15 is 0 Å². The van der Waals surface area contributed by atoms with E-state index in [0.29, 0.717) is 28.4 Å². The number of carbonyl (C=O) groups excluding carboxylic acids is 1. The first-order valence-electron chi connectivity index (χ1n) is 10.9. The van der Waals surface area contributed by atoms with Gasteiger partial charge < -0.3 is 0 Å². The van der Waals surface area contributed by atoms with E-state index in [1.807, 2.05) is 57.2 Å². The Labute approximate surface area is 207 Å². The van der Waals surface area contributed by atoms with Crippen molar-refractivity contribution in [1.82, 2.24) is 15.6 Å². The van der Waals surface area contributed by atoms with Crippen molar-refractivity contribution < 1.29 is 13.2 Å². The van der Waals surface area contributed by atoms with Gasteiger partial charge in [-0.05, 0) is 32.9 Å². The highest BCUT2D eigenvalue weighted by atomic mass is 32.2. The summed E-state index contributed by atoms with van der Waals surface area (Å²) in [4.78, 5) is 15.3. The number of aromatic amines is 1. The lowest BCUT2D eigenvalue weighted by Gasteiger charge is -2.29. The minimum absolute atomic E-state index is 0.118. The predicted octanol–water partition coefficient (Wildman–Crippen LogP) is 4.47. The maximum atomic E-state index is 13.7. The normalized spacial score (nSPS) is 14.4. The van der Waals surface area contributed by atoms with Crippen LogP contribution in [0.25, 0.3) is 22.5 Å². The van der Waals surface area contributed by atoms with Crippen LogP contribution in [0.1, 0.15) is 22.2 Å². The lowest BCUT2D eigenvalue weighted by atomic mass is 10.1. The standard InChI is InChI=1S/C25H23N5O3S2/c1-15-13-20(17(3)34-15)16(2)26-27-22(31)14-30-25-23(18-9-5-4-6-10-18)28-29-24(25)19-11-7-8-12-21(19)35(30,32)33/h4-13H,14H2,1-3H3,(H,27,31)(H,28,29)/b26-16+. The van der Waals surface area contributed by atoms with Gasteiger partial charge in [-0.2, -0.15) is 10.2 Å². The lowest BCUT2D eigenvalue weighted by molar-refractivity contribution is -0.119. The van der Waals surface area contributed by atoms with Crippen LogP contribution in [0.2, 0.25) is 0 Å². The molecule has 5 rings (SSSR count). The predicted molar refractivity (Wildman–Crippen MR) is 138 cm³/mol. The molecule has 0 spiro atoms. The molecule has 0 bridgehead atoms. The first kappa shape index (κ1) is 23.0. The molecule has 2 aromatic carbocycles. The summed E-state index contributed by atoms with van der Waals surface area (Å²) in [5, 5.41) is 11.6. The second-order valence-electron chi connectivity index (χ2n) is 8.23. The van der Waals surface area contributed by atoms with Crippen LogP contribution in [-0.4, -0.2) is 36.8 Å². The molecule has 0 aliphatic carbocycles. The van der Waals surface area contributed by atoms with Crippen molar-refractivity contribution in [2.75, 3.05) is 10.8 Å². The van der Waals surface area contributed by atoms with Gasteiger partial charge in [0.25, 0.3) is 15.9 Å². The molecule has 1 aliphatic rings. The summed E-state index contributed by atoms with van der Waals surface area (Å²) in [5.74, 6) is -0.553. The summed E-state index contributed by atoms with van der Waals surface area (Å²) in [5.41, 5.74) is 6.74. The molecule has 8 nitrogen and oxygen atoms in total. The number of rotatable bonds is 5. The number of benzene rings is 2. The van der Waals surface area contributed by atoms with E-state index < -0.39 is 22.5 Å². The Bertz CT molecular complexity index is 1560. The Hall–Kier alpha value is -3.76. The summed E-state index contributed by atoms with van der Waals surface area (Å²) in [7, 11) is -4.02. The van der Waals surface area contributed by atoms with Gasteiger partial charge in [-0.25, -0.2) is 13.8 Å².